The summed E-state index contributed by atoms with van der Waals surface area (Å²) in [5.74, 6) is 0. The van der Waals surface area contributed by atoms with Crippen LogP contribution in [0.3, 0.4) is 0 Å². The Morgan fingerprint density at radius 3 is 2.17 bits per heavy atom. The van der Waals surface area contributed by atoms with Gasteiger partial charge in [0.05, 0.1) is 6.04 Å². The van der Waals surface area contributed by atoms with Gasteiger partial charge in [-0.2, -0.15) is 0 Å². The van der Waals surface area contributed by atoms with Crippen molar-refractivity contribution >= 4 is 0 Å². The molecule has 0 aliphatic heterocycles. The number of hydrogen-bond acceptors (Lipinski definition) is 1. The maximum atomic E-state index is 3.44. The second kappa shape index (κ2) is 5.36. The highest BCUT2D eigenvalue weighted by Crippen LogP contribution is 2.27. The zero-order chi connectivity index (χ0) is 13.1. The van der Waals surface area contributed by atoms with Gasteiger partial charge >= 0.3 is 0 Å². The Labute approximate surface area is 110 Å². The van der Waals surface area contributed by atoms with Gasteiger partial charge in [0.1, 0.15) is 0 Å². The van der Waals surface area contributed by atoms with E-state index in [0.29, 0.717) is 0 Å². The third-order valence-electron chi connectivity index (χ3n) is 3.53. The maximum Gasteiger partial charge on any atom is 0.0579 e. The number of nitrogens with one attached hydrogen (secondary N) is 1. The Balaban J connectivity index is 2.52. The molecule has 0 aliphatic rings. The number of aryl methyl sites for hydroxylation is 3. The van der Waals surface area contributed by atoms with Gasteiger partial charge in [0.25, 0.3) is 0 Å². The lowest BCUT2D eigenvalue weighted by Crippen LogP contribution is -2.19. The first-order valence-corrected chi connectivity index (χ1v) is 6.43. The van der Waals surface area contributed by atoms with Crippen molar-refractivity contribution in [3.05, 3.63) is 70.3 Å². The molecule has 2 aromatic rings. The van der Waals surface area contributed by atoms with E-state index < -0.39 is 0 Å². The topological polar surface area (TPSA) is 12.0 Å². The van der Waals surface area contributed by atoms with Crippen molar-refractivity contribution in [3.8, 4) is 0 Å². The van der Waals surface area contributed by atoms with Crippen molar-refractivity contribution < 1.29 is 0 Å². The summed E-state index contributed by atoms with van der Waals surface area (Å²) in [6, 6.07) is 15.5. The number of hydrogen-bond donors (Lipinski definition) is 1. The molecule has 1 heteroatoms. The molecule has 0 heterocycles. The predicted molar refractivity (Wildman–Crippen MR) is 78.0 cm³/mol. The van der Waals surface area contributed by atoms with Crippen LogP contribution in [0, 0.1) is 20.8 Å². The van der Waals surface area contributed by atoms with E-state index in [9.17, 15) is 0 Å². The largest absolute Gasteiger partial charge is 0.309 e. The first-order valence-electron chi connectivity index (χ1n) is 6.43. The highest BCUT2D eigenvalue weighted by Gasteiger charge is 2.15. The Kier molecular flexibility index (Phi) is 3.83. The van der Waals surface area contributed by atoms with Gasteiger partial charge in [0.15, 0.2) is 0 Å². The third kappa shape index (κ3) is 2.46. The van der Waals surface area contributed by atoms with Crippen LogP contribution in [-0.4, -0.2) is 7.05 Å². The molecule has 2 rings (SSSR count). The molecule has 1 atom stereocenters. The Morgan fingerprint density at radius 2 is 1.50 bits per heavy atom. The average molecular weight is 239 g/mol. The van der Waals surface area contributed by atoms with Crippen LogP contribution in [0.5, 0.6) is 0 Å². The van der Waals surface area contributed by atoms with Gasteiger partial charge in [0, 0.05) is 0 Å². The first-order chi connectivity index (χ1) is 8.63. The molecule has 0 radical (unpaired) electrons. The van der Waals surface area contributed by atoms with E-state index in [1.165, 1.54) is 27.8 Å². The lowest BCUT2D eigenvalue weighted by Gasteiger charge is -2.21. The van der Waals surface area contributed by atoms with Gasteiger partial charge in [-0.1, -0.05) is 48.0 Å². The van der Waals surface area contributed by atoms with E-state index >= 15 is 0 Å². The van der Waals surface area contributed by atoms with Gasteiger partial charge in [0.2, 0.25) is 0 Å². The van der Waals surface area contributed by atoms with Gasteiger partial charge in [-0.3, -0.25) is 0 Å². The molecule has 0 fully saturated rings. The summed E-state index contributed by atoms with van der Waals surface area (Å²) in [6.07, 6.45) is 0. The van der Waals surface area contributed by atoms with Gasteiger partial charge < -0.3 is 5.32 Å². The summed E-state index contributed by atoms with van der Waals surface area (Å²) >= 11 is 0. The average Bonchev–Trinajstić information content (AvgIpc) is 2.36. The lowest BCUT2D eigenvalue weighted by atomic mass is 9.91. The molecule has 94 valence electrons. The van der Waals surface area contributed by atoms with Gasteiger partial charge in [-0.25, -0.2) is 0 Å². The number of rotatable bonds is 3. The summed E-state index contributed by atoms with van der Waals surface area (Å²) in [4.78, 5) is 0. The maximum absolute atomic E-state index is 3.44. The molecule has 1 nitrogen and oxygen atoms in total. The zero-order valence-electron chi connectivity index (χ0n) is 11.6. The molecule has 0 spiro atoms. The van der Waals surface area contributed by atoms with Crippen LogP contribution in [0.15, 0.2) is 42.5 Å². The van der Waals surface area contributed by atoms with Crippen LogP contribution in [0.2, 0.25) is 0 Å². The Morgan fingerprint density at radius 1 is 0.833 bits per heavy atom. The van der Waals surface area contributed by atoms with Crippen molar-refractivity contribution in [2.45, 2.75) is 26.8 Å². The minimum absolute atomic E-state index is 0.270. The Hall–Kier alpha value is -1.60. The quantitative estimate of drug-likeness (QED) is 0.856. The third-order valence-corrected chi connectivity index (χ3v) is 3.53. The van der Waals surface area contributed by atoms with E-state index in [0.717, 1.165) is 0 Å². The highest BCUT2D eigenvalue weighted by molar-refractivity contribution is 5.41. The first kappa shape index (κ1) is 12.8. The van der Waals surface area contributed by atoms with Crippen LogP contribution >= 0.6 is 0 Å². The second-order valence-electron chi connectivity index (χ2n) is 4.94. The smallest absolute Gasteiger partial charge is 0.0579 e. The van der Waals surface area contributed by atoms with E-state index in [1.807, 2.05) is 7.05 Å². The van der Waals surface area contributed by atoms with Crippen LogP contribution in [0.25, 0.3) is 0 Å². The molecule has 0 bridgehead atoms. The highest BCUT2D eigenvalue weighted by atomic mass is 14.9. The molecular weight excluding hydrogens is 218 g/mol. The van der Waals surface area contributed by atoms with Crippen molar-refractivity contribution in [2.75, 3.05) is 7.05 Å². The summed E-state index contributed by atoms with van der Waals surface area (Å²) in [6.45, 7) is 6.50. The molecule has 0 aromatic heterocycles. The van der Waals surface area contributed by atoms with Crippen molar-refractivity contribution in [2.24, 2.45) is 0 Å². The molecule has 0 amide bonds. The molecule has 1 unspecified atom stereocenters. The molecule has 0 aliphatic carbocycles. The summed E-state index contributed by atoms with van der Waals surface area (Å²) in [5.41, 5.74) is 6.70. The standard InChI is InChI=1S/C17H21N/c1-12-9-10-14(3)16(11-12)17(18-4)15-8-6-5-7-13(15)2/h5-11,17-18H,1-4H3. The summed E-state index contributed by atoms with van der Waals surface area (Å²) < 4.78 is 0. The lowest BCUT2D eigenvalue weighted by molar-refractivity contribution is 0.683. The van der Waals surface area contributed by atoms with Gasteiger partial charge in [-0.05, 0) is 50.1 Å². The zero-order valence-corrected chi connectivity index (χ0v) is 11.6. The van der Waals surface area contributed by atoms with Crippen molar-refractivity contribution in [1.82, 2.24) is 5.32 Å². The number of benzene rings is 2. The van der Waals surface area contributed by atoms with Crippen LogP contribution in [-0.2, 0) is 0 Å². The monoisotopic (exact) mass is 239 g/mol. The SMILES string of the molecule is CNC(c1ccccc1C)c1cc(C)ccc1C. The van der Waals surface area contributed by atoms with Crippen LogP contribution in [0.1, 0.15) is 33.9 Å². The predicted octanol–water partition coefficient (Wildman–Crippen LogP) is 3.92. The van der Waals surface area contributed by atoms with E-state index in [2.05, 4.69) is 68.6 Å². The minimum Gasteiger partial charge on any atom is -0.309 e. The molecule has 0 saturated heterocycles. The fourth-order valence-electron chi connectivity index (χ4n) is 2.46. The fraction of sp³-hybridized carbons (Fsp3) is 0.294. The second-order valence-corrected chi connectivity index (χ2v) is 4.94. The summed E-state index contributed by atoms with van der Waals surface area (Å²) in [7, 11) is 2.03. The van der Waals surface area contributed by atoms with Gasteiger partial charge in [-0.15, -0.1) is 0 Å². The molecule has 1 N–H and O–H groups in total. The summed E-state index contributed by atoms with van der Waals surface area (Å²) in [5, 5.41) is 3.44. The molecule has 18 heavy (non-hydrogen) atoms. The van der Waals surface area contributed by atoms with E-state index in [4.69, 9.17) is 0 Å². The molecule has 2 aromatic carbocycles. The molecule has 0 saturated carbocycles. The van der Waals surface area contributed by atoms with E-state index in [-0.39, 0.29) is 6.04 Å². The normalized spacial score (nSPS) is 12.4. The Bertz CT molecular complexity index is 543. The fourth-order valence-corrected chi connectivity index (χ4v) is 2.46. The minimum atomic E-state index is 0.270. The van der Waals surface area contributed by atoms with Crippen LogP contribution < -0.4 is 5.32 Å². The van der Waals surface area contributed by atoms with Crippen molar-refractivity contribution in [3.63, 3.8) is 0 Å². The van der Waals surface area contributed by atoms with Crippen LogP contribution in [0.4, 0.5) is 0 Å². The van der Waals surface area contributed by atoms with Crippen molar-refractivity contribution in [1.29, 1.82) is 0 Å². The van der Waals surface area contributed by atoms with E-state index in [1.54, 1.807) is 0 Å². The molecular formula is C17H21N.